The van der Waals surface area contributed by atoms with Crippen LogP contribution < -0.4 is 0 Å². The van der Waals surface area contributed by atoms with Crippen LogP contribution in [0.1, 0.15) is 5.56 Å². The molecule has 12 aromatic rings. The van der Waals surface area contributed by atoms with E-state index in [4.69, 9.17) is 11.6 Å². The predicted octanol–water partition coefficient (Wildman–Crippen LogP) is 19.1. The standard InChI is InChI=1S/C71H48N4/c1-48-26-39-70(75-47-48)54-35-37-65(67(45-54)52-29-27-50(28-30-52)49-16-4-3-5-17-49)63-22-10-8-20-61(63)57-42-56(60-19-7-6-18-59(60)51-31-33-53(34-32-51)68-24-12-14-40-73-68)43-58(44-57)62-21-9-11-23-64(62)66-38-36-55(46-71(66)72-2)69-25-13-15-41-74-69/h3-47H,1H3. The number of benzene rings is 9. The monoisotopic (exact) mass is 956 g/mol. The van der Waals surface area contributed by atoms with Crippen molar-refractivity contribution in [3.8, 4) is 123 Å². The number of aromatic nitrogens is 3. The Hall–Kier alpha value is -10.1. The SMILES string of the molecule is [C-]#[N+]c1cc(-c2ccccn2)ccc1-c1ccccc1-c1cc(-c2ccccc2-c2ccc(-c3ccccn3)cc2)cc(-c2ccccc2-c2ccc(-c3ccc(C)cn3)cc2-c2ccc(-c3ccccc3)cc2)c1. The highest BCUT2D eigenvalue weighted by molar-refractivity contribution is 5.98. The fraction of sp³-hybridized carbons (Fsp3) is 0.0141. The first-order valence-electron chi connectivity index (χ1n) is 25.2. The van der Waals surface area contributed by atoms with Gasteiger partial charge >= 0.3 is 0 Å². The Balaban J connectivity index is 1.05. The summed E-state index contributed by atoms with van der Waals surface area (Å²) < 4.78 is 0. The van der Waals surface area contributed by atoms with E-state index < -0.39 is 0 Å². The van der Waals surface area contributed by atoms with Crippen LogP contribution in [0.3, 0.4) is 0 Å². The van der Waals surface area contributed by atoms with E-state index in [2.05, 4.69) is 234 Å². The first kappa shape index (κ1) is 46.0. The Morgan fingerprint density at radius 2 is 0.667 bits per heavy atom. The minimum Gasteiger partial charge on any atom is -0.256 e. The van der Waals surface area contributed by atoms with Crippen molar-refractivity contribution in [3.05, 3.63) is 290 Å². The Labute approximate surface area is 438 Å². The number of nitrogens with zero attached hydrogens (tertiary/aromatic N) is 4. The minimum absolute atomic E-state index is 0.570. The molecule has 0 amide bonds. The normalized spacial score (nSPS) is 11.0. The molecule has 0 atom stereocenters. The van der Waals surface area contributed by atoms with Gasteiger partial charge in [-0.05, 0) is 168 Å². The van der Waals surface area contributed by atoms with Gasteiger partial charge in [0.05, 0.1) is 23.7 Å². The van der Waals surface area contributed by atoms with E-state index in [0.29, 0.717) is 5.69 Å². The molecule has 0 spiro atoms. The van der Waals surface area contributed by atoms with E-state index in [1.807, 2.05) is 54.9 Å². The lowest BCUT2D eigenvalue weighted by atomic mass is 9.84. The third-order valence-electron chi connectivity index (χ3n) is 14.0. The smallest absolute Gasteiger partial charge is 0.195 e. The Bertz CT molecular complexity index is 4030. The highest BCUT2D eigenvalue weighted by atomic mass is 14.7. The third-order valence-corrected chi connectivity index (χ3v) is 14.0. The summed E-state index contributed by atoms with van der Waals surface area (Å²) in [5.74, 6) is 0. The molecule has 0 saturated carbocycles. The molecule has 0 N–H and O–H groups in total. The van der Waals surface area contributed by atoms with E-state index in [0.717, 1.165) is 117 Å². The highest BCUT2D eigenvalue weighted by Gasteiger charge is 2.20. The lowest BCUT2D eigenvalue weighted by Crippen LogP contribution is -1.94. The van der Waals surface area contributed by atoms with Crippen LogP contribution in [0.5, 0.6) is 0 Å². The molecule has 0 aliphatic heterocycles. The fourth-order valence-corrected chi connectivity index (χ4v) is 10.2. The van der Waals surface area contributed by atoms with Crippen LogP contribution in [0.4, 0.5) is 5.69 Å². The average Bonchev–Trinajstić information content (AvgIpc) is 3.50. The number of pyridine rings is 3. The molecule has 0 fully saturated rings. The van der Waals surface area contributed by atoms with Gasteiger partial charge in [0.1, 0.15) is 0 Å². The molecule has 4 heteroatoms. The second-order valence-electron chi connectivity index (χ2n) is 18.7. The van der Waals surface area contributed by atoms with Gasteiger partial charge in [-0.1, -0.05) is 194 Å². The lowest BCUT2D eigenvalue weighted by Gasteiger charge is -2.20. The summed E-state index contributed by atoms with van der Waals surface area (Å²) in [5.41, 5.74) is 24.7. The van der Waals surface area contributed by atoms with Gasteiger partial charge in [0.25, 0.3) is 0 Å². The zero-order valence-corrected chi connectivity index (χ0v) is 41.3. The minimum atomic E-state index is 0.570. The Kier molecular flexibility index (Phi) is 12.6. The van der Waals surface area contributed by atoms with Gasteiger partial charge in [-0.15, -0.1) is 0 Å². The van der Waals surface area contributed by atoms with Crippen LogP contribution in [0.2, 0.25) is 0 Å². The molecule has 0 aliphatic carbocycles. The van der Waals surface area contributed by atoms with E-state index in [9.17, 15) is 0 Å². The van der Waals surface area contributed by atoms with Gasteiger partial charge < -0.3 is 0 Å². The summed E-state index contributed by atoms with van der Waals surface area (Å²) in [6.07, 6.45) is 5.56. The van der Waals surface area contributed by atoms with E-state index >= 15 is 0 Å². The molecule has 3 heterocycles. The fourth-order valence-electron chi connectivity index (χ4n) is 10.2. The third kappa shape index (κ3) is 9.46. The van der Waals surface area contributed by atoms with Crippen LogP contribution >= 0.6 is 0 Å². The first-order chi connectivity index (χ1) is 37.0. The molecule has 352 valence electrons. The zero-order chi connectivity index (χ0) is 50.5. The number of hydrogen-bond donors (Lipinski definition) is 0. The van der Waals surface area contributed by atoms with Crippen molar-refractivity contribution in [3.63, 3.8) is 0 Å². The molecular weight excluding hydrogens is 909 g/mol. The van der Waals surface area contributed by atoms with Crippen molar-refractivity contribution in [2.24, 2.45) is 0 Å². The largest absolute Gasteiger partial charge is 0.256 e. The van der Waals surface area contributed by atoms with Crippen LogP contribution in [0, 0.1) is 13.5 Å². The zero-order valence-electron chi connectivity index (χ0n) is 41.3. The van der Waals surface area contributed by atoms with Crippen LogP contribution in [0.25, 0.3) is 128 Å². The highest BCUT2D eigenvalue weighted by Crippen LogP contribution is 2.46. The molecule has 0 aliphatic rings. The van der Waals surface area contributed by atoms with E-state index in [-0.39, 0.29) is 0 Å². The lowest BCUT2D eigenvalue weighted by molar-refractivity contribution is 1.27. The summed E-state index contributed by atoms with van der Waals surface area (Å²) >= 11 is 0. The van der Waals surface area contributed by atoms with Gasteiger partial charge in [0.2, 0.25) is 0 Å². The van der Waals surface area contributed by atoms with Crippen molar-refractivity contribution in [1.82, 2.24) is 15.0 Å². The van der Waals surface area contributed by atoms with Crippen molar-refractivity contribution < 1.29 is 0 Å². The molecule has 0 saturated heterocycles. The number of rotatable bonds is 11. The van der Waals surface area contributed by atoms with Crippen LogP contribution in [0.15, 0.2) is 273 Å². The second kappa shape index (κ2) is 20.6. The molecule has 12 rings (SSSR count). The summed E-state index contributed by atoms with van der Waals surface area (Å²) in [6.45, 7) is 10.5. The summed E-state index contributed by atoms with van der Waals surface area (Å²) in [6, 6.07) is 90.0. The molecular formula is C71H48N4. The van der Waals surface area contributed by atoms with E-state index in [1.54, 1.807) is 6.20 Å². The molecule has 75 heavy (non-hydrogen) atoms. The van der Waals surface area contributed by atoms with Gasteiger partial charge in [0.15, 0.2) is 5.69 Å². The summed E-state index contributed by atoms with van der Waals surface area (Å²) in [4.78, 5) is 18.2. The van der Waals surface area contributed by atoms with Crippen molar-refractivity contribution >= 4 is 5.69 Å². The summed E-state index contributed by atoms with van der Waals surface area (Å²) in [7, 11) is 0. The van der Waals surface area contributed by atoms with Gasteiger partial charge in [-0.25, -0.2) is 4.85 Å². The molecule has 0 unspecified atom stereocenters. The average molecular weight is 957 g/mol. The Morgan fingerprint density at radius 1 is 0.267 bits per heavy atom. The van der Waals surface area contributed by atoms with E-state index in [1.165, 1.54) is 11.1 Å². The maximum absolute atomic E-state index is 8.43. The first-order valence-corrected chi connectivity index (χ1v) is 25.2. The van der Waals surface area contributed by atoms with Gasteiger partial charge in [-0.2, -0.15) is 0 Å². The second-order valence-corrected chi connectivity index (χ2v) is 18.7. The molecule has 3 aromatic heterocycles. The number of hydrogen-bond acceptors (Lipinski definition) is 3. The van der Waals surface area contributed by atoms with Crippen molar-refractivity contribution in [2.45, 2.75) is 6.92 Å². The van der Waals surface area contributed by atoms with Crippen molar-refractivity contribution in [2.75, 3.05) is 0 Å². The van der Waals surface area contributed by atoms with Crippen LogP contribution in [-0.2, 0) is 0 Å². The maximum atomic E-state index is 8.43. The Morgan fingerprint density at radius 3 is 1.21 bits per heavy atom. The summed E-state index contributed by atoms with van der Waals surface area (Å²) in [5, 5.41) is 0. The molecule has 0 radical (unpaired) electrons. The van der Waals surface area contributed by atoms with Crippen LogP contribution in [-0.4, -0.2) is 15.0 Å². The molecule has 4 nitrogen and oxygen atoms in total. The predicted molar refractivity (Wildman–Crippen MR) is 311 cm³/mol. The topological polar surface area (TPSA) is 43.0 Å². The number of aryl methyl sites for hydroxylation is 1. The maximum Gasteiger partial charge on any atom is 0.195 e. The molecule has 0 bridgehead atoms. The van der Waals surface area contributed by atoms with Gasteiger partial charge in [0, 0.05) is 29.7 Å². The van der Waals surface area contributed by atoms with Crippen molar-refractivity contribution in [1.29, 1.82) is 0 Å². The molecule has 9 aromatic carbocycles. The quantitative estimate of drug-likeness (QED) is 0.121. The van der Waals surface area contributed by atoms with Gasteiger partial charge in [-0.3, -0.25) is 15.0 Å².